The Kier molecular flexibility index (Phi) is 5.64. The summed E-state index contributed by atoms with van der Waals surface area (Å²) >= 11 is -3.10. The minimum absolute atomic E-state index is 0.0904. The molecular formula is C10H18AsNO8. The normalized spacial score (nSPS) is 30.0. The molecule has 0 aromatic rings. The Balaban J connectivity index is 2.54. The van der Waals surface area contributed by atoms with Gasteiger partial charge in [0.15, 0.2) is 0 Å². The van der Waals surface area contributed by atoms with Crippen LogP contribution < -0.4 is 5.32 Å². The number of hydrogen-bond acceptors (Lipinski definition) is 7. The first-order chi connectivity index (χ1) is 9.10. The summed E-state index contributed by atoms with van der Waals surface area (Å²) in [6.45, 7) is -0.643. The van der Waals surface area contributed by atoms with Crippen LogP contribution >= 0.6 is 0 Å². The second-order valence-electron chi connectivity index (χ2n) is 4.93. The van der Waals surface area contributed by atoms with Gasteiger partial charge in [0.2, 0.25) is 0 Å². The number of carboxylic acids is 1. The zero-order chi connectivity index (χ0) is 15.5. The number of carbonyl (C=O) groups is 2. The van der Waals surface area contributed by atoms with Crippen LogP contribution in [0.4, 0.5) is 4.79 Å². The fourth-order valence-electron chi connectivity index (χ4n) is 1.69. The van der Waals surface area contributed by atoms with Crippen LogP contribution in [0.1, 0.15) is 0 Å². The zero-order valence-corrected chi connectivity index (χ0v) is 12.9. The first-order valence-electron chi connectivity index (χ1n) is 5.82. The van der Waals surface area contributed by atoms with Crippen LogP contribution in [0.25, 0.3) is 0 Å². The molecule has 1 amide bonds. The quantitative estimate of drug-likeness (QED) is 0.454. The number of amides is 1. The third-order valence-corrected chi connectivity index (χ3v) is 5.15. The van der Waals surface area contributed by atoms with Gasteiger partial charge in [-0.05, 0) is 0 Å². The topological polar surface area (TPSA) is 142 Å². The van der Waals surface area contributed by atoms with Crippen molar-refractivity contribution in [1.82, 2.24) is 5.32 Å². The number of rotatable bonds is 5. The summed E-state index contributed by atoms with van der Waals surface area (Å²) < 4.78 is 21.5. The van der Waals surface area contributed by atoms with Gasteiger partial charge < -0.3 is 0 Å². The SMILES string of the molecule is C[As](C)(=O)C[C@H]1O[C@@H](OC(=O)NCC(=O)O)[C@H](O)[C@@H]1O. The van der Waals surface area contributed by atoms with Crippen molar-refractivity contribution >= 4 is 25.6 Å². The van der Waals surface area contributed by atoms with Crippen molar-refractivity contribution in [2.75, 3.05) is 6.54 Å². The van der Waals surface area contributed by atoms with E-state index in [0.29, 0.717) is 0 Å². The van der Waals surface area contributed by atoms with Gasteiger partial charge in [-0.15, -0.1) is 0 Å². The van der Waals surface area contributed by atoms with E-state index in [2.05, 4.69) is 4.74 Å². The van der Waals surface area contributed by atoms with E-state index in [0.717, 1.165) is 0 Å². The van der Waals surface area contributed by atoms with Crippen molar-refractivity contribution in [3.8, 4) is 0 Å². The molecule has 1 rings (SSSR count). The number of aliphatic carboxylic acids is 1. The third-order valence-electron chi connectivity index (χ3n) is 2.55. The van der Waals surface area contributed by atoms with E-state index in [4.69, 9.17) is 9.84 Å². The van der Waals surface area contributed by atoms with Gasteiger partial charge in [-0.1, -0.05) is 0 Å². The van der Waals surface area contributed by atoms with Crippen LogP contribution in [0.2, 0.25) is 16.6 Å². The number of aliphatic hydroxyl groups excluding tert-OH is 2. The van der Waals surface area contributed by atoms with Gasteiger partial charge in [-0.2, -0.15) is 0 Å². The number of carbonyl (C=O) groups excluding carboxylic acids is 1. The molecule has 0 aliphatic carbocycles. The molecule has 0 unspecified atom stereocenters. The van der Waals surface area contributed by atoms with Crippen molar-refractivity contribution in [3.05, 3.63) is 0 Å². The monoisotopic (exact) mass is 355 g/mol. The van der Waals surface area contributed by atoms with E-state index in [1.807, 2.05) is 5.32 Å². The summed E-state index contributed by atoms with van der Waals surface area (Å²) in [6, 6.07) is 0. The molecule has 4 N–H and O–H groups in total. The maximum absolute atomic E-state index is 11.7. The number of hydrogen-bond donors (Lipinski definition) is 4. The molecule has 1 saturated heterocycles. The minimum atomic E-state index is -3.10. The molecule has 0 spiro atoms. The van der Waals surface area contributed by atoms with Gasteiger partial charge in [0.05, 0.1) is 0 Å². The Bertz CT molecular complexity index is 421. The second-order valence-corrected chi connectivity index (χ2v) is 12.3. The predicted octanol–water partition coefficient (Wildman–Crippen LogP) is -1.12. The summed E-state index contributed by atoms with van der Waals surface area (Å²) in [5, 5.41) is 29.8. The first-order valence-corrected chi connectivity index (χ1v) is 11.7. The number of aliphatic hydroxyl groups is 2. The van der Waals surface area contributed by atoms with Crippen LogP contribution in [-0.2, 0) is 18.0 Å². The van der Waals surface area contributed by atoms with E-state index >= 15 is 0 Å². The Hall–Kier alpha value is -1.02. The Morgan fingerprint density at radius 2 is 1.90 bits per heavy atom. The summed E-state index contributed by atoms with van der Waals surface area (Å²) in [5.74, 6) is -1.26. The Morgan fingerprint density at radius 1 is 1.30 bits per heavy atom. The summed E-state index contributed by atoms with van der Waals surface area (Å²) in [7, 11) is 0. The molecule has 20 heavy (non-hydrogen) atoms. The molecule has 0 radical (unpaired) electrons. The van der Waals surface area contributed by atoms with Crippen LogP contribution in [-0.4, -0.2) is 72.0 Å². The Labute approximate surface area is 117 Å². The molecule has 0 aromatic carbocycles. The molecule has 1 fully saturated rings. The van der Waals surface area contributed by atoms with Crippen LogP contribution in [0.15, 0.2) is 0 Å². The average molecular weight is 355 g/mol. The van der Waals surface area contributed by atoms with E-state index < -0.39 is 56.7 Å². The molecule has 1 aliphatic rings. The molecule has 0 saturated carbocycles. The van der Waals surface area contributed by atoms with Gasteiger partial charge in [0.25, 0.3) is 0 Å². The fourth-order valence-corrected chi connectivity index (χ4v) is 4.14. The molecule has 10 heteroatoms. The van der Waals surface area contributed by atoms with E-state index in [1.54, 1.807) is 11.4 Å². The van der Waals surface area contributed by atoms with E-state index in [9.17, 15) is 23.5 Å². The fraction of sp³-hybridized carbons (Fsp3) is 0.800. The molecule has 1 heterocycles. The predicted molar refractivity (Wildman–Crippen MR) is 65.8 cm³/mol. The zero-order valence-electron chi connectivity index (χ0n) is 11.1. The van der Waals surface area contributed by atoms with Crippen molar-refractivity contribution in [3.63, 3.8) is 0 Å². The van der Waals surface area contributed by atoms with Crippen LogP contribution in [0, 0.1) is 0 Å². The van der Waals surface area contributed by atoms with Gasteiger partial charge in [0.1, 0.15) is 0 Å². The molecule has 0 bridgehead atoms. The van der Waals surface area contributed by atoms with Crippen LogP contribution in [0.3, 0.4) is 0 Å². The van der Waals surface area contributed by atoms with Gasteiger partial charge >= 0.3 is 117 Å². The first kappa shape index (κ1) is 17.0. The van der Waals surface area contributed by atoms with Crippen molar-refractivity contribution < 1.29 is 38.1 Å². The molecule has 0 aromatic heterocycles. The van der Waals surface area contributed by atoms with E-state index in [1.165, 1.54) is 0 Å². The Morgan fingerprint density at radius 3 is 2.40 bits per heavy atom. The second kappa shape index (κ2) is 6.62. The third kappa shape index (κ3) is 5.16. The molecular weight excluding hydrogens is 337 g/mol. The molecule has 1 aliphatic heterocycles. The van der Waals surface area contributed by atoms with Gasteiger partial charge in [-0.3, -0.25) is 0 Å². The number of carboxylic acid groups (broad SMARTS) is 1. The summed E-state index contributed by atoms with van der Waals surface area (Å²) in [4.78, 5) is 21.5. The van der Waals surface area contributed by atoms with Crippen molar-refractivity contribution in [2.45, 2.75) is 41.2 Å². The summed E-state index contributed by atoms with van der Waals surface area (Å²) in [5.41, 5.74) is 3.13. The summed E-state index contributed by atoms with van der Waals surface area (Å²) in [6.07, 6.45) is -6.20. The number of nitrogens with one attached hydrogen (secondary N) is 1. The van der Waals surface area contributed by atoms with Crippen molar-refractivity contribution in [1.29, 1.82) is 0 Å². The van der Waals surface area contributed by atoms with Crippen LogP contribution in [0.5, 0.6) is 0 Å². The number of alkyl carbamates (subject to hydrolysis) is 1. The standard InChI is InChI=1S/C10H18AsNO8/c1-11(2,18)3-5-7(15)8(16)9(19-5)20-10(17)12-4-6(13)14/h5,7-9,15-16H,3-4H2,1-2H3,(H,12,17)(H,13,14)/t5-,7-,8-,9+/m1/s1. The number of ether oxygens (including phenoxy) is 2. The molecule has 9 nitrogen and oxygen atoms in total. The van der Waals surface area contributed by atoms with Gasteiger partial charge in [0, 0.05) is 0 Å². The molecule has 4 atom stereocenters. The van der Waals surface area contributed by atoms with Gasteiger partial charge in [-0.25, -0.2) is 0 Å². The van der Waals surface area contributed by atoms with E-state index in [-0.39, 0.29) is 5.21 Å². The van der Waals surface area contributed by atoms with Crippen molar-refractivity contribution in [2.24, 2.45) is 0 Å². The molecule has 116 valence electrons. The average Bonchev–Trinajstić information content (AvgIpc) is 2.53. The maximum atomic E-state index is 11.7.